The molecule has 112 valence electrons. The van der Waals surface area contributed by atoms with Gasteiger partial charge < -0.3 is 14.2 Å². The van der Waals surface area contributed by atoms with E-state index < -0.39 is 0 Å². The Labute approximate surface area is 126 Å². The average molecular weight is 299 g/mol. The molecule has 1 aromatic carbocycles. The molecule has 0 N–H and O–H groups in total. The topological polar surface area (TPSA) is 27.7 Å². The van der Waals surface area contributed by atoms with Gasteiger partial charge in [-0.05, 0) is 42.5 Å². The lowest BCUT2D eigenvalue weighted by Gasteiger charge is -2.25. The summed E-state index contributed by atoms with van der Waals surface area (Å²) in [6.07, 6.45) is 6.00. The van der Waals surface area contributed by atoms with E-state index in [0.717, 1.165) is 10.8 Å². The van der Waals surface area contributed by atoms with Crippen LogP contribution >= 0.6 is 11.6 Å². The monoisotopic (exact) mass is 298 g/mol. The second-order valence-electron chi connectivity index (χ2n) is 5.23. The van der Waals surface area contributed by atoms with Crippen molar-refractivity contribution in [3.8, 4) is 5.75 Å². The molecule has 0 aromatic heterocycles. The third-order valence-electron chi connectivity index (χ3n) is 3.92. The van der Waals surface area contributed by atoms with Gasteiger partial charge in [-0.15, -0.1) is 0 Å². The molecule has 1 aliphatic carbocycles. The maximum atomic E-state index is 6.15. The molecule has 0 radical (unpaired) electrons. The molecule has 0 aliphatic heterocycles. The normalized spacial score (nSPS) is 16.6. The van der Waals surface area contributed by atoms with Gasteiger partial charge in [-0.25, -0.2) is 0 Å². The van der Waals surface area contributed by atoms with Gasteiger partial charge in [0.05, 0.1) is 0 Å². The Kier molecular flexibility index (Phi) is 6.14. The van der Waals surface area contributed by atoms with Crippen molar-refractivity contribution >= 4 is 11.6 Å². The molecule has 1 saturated carbocycles. The first-order valence-electron chi connectivity index (χ1n) is 7.22. The Morgan fingerprint density at radius 1 is 1.15 bits per heavy atom. The van der Waals surface area contributed by atoms with Crippen molar-refractivity contribution in [2.45, 2.75) is 44.3 Å². The molecule has 20 heavy (non-hydrogen) atoms. The van der Waals surface area contributed by atoms with Crippen molar-refractivity contribution < 1.29 is 14.2 Å². The van der Waals surface area contributed by atoms with Crippen LogP contribution in [0.15, 0.2) is 18.2 Å². The van der Waals surface area contributed by atoms with Crippen molar-refractivity contribution in [3.63, 3.8) is 0 Å². The van der Waals surface area contributed by atoms with Gasteiger partial charge in [0.25, 0.3) is 0 Å². The maximum absolute atomic E-state index is 6.15. The number of benzene rings is 1. The van der Waals surface area contributed by atoms with Crippen LogP contribution in [-0.4, -0.2) is 27.1 Å². The third-order valence-corrected chi connectivity index (χ3v) is 4.15. The van der Waals surface area contributed by atoms with Crippen LogP contribution in [-0.2, 0) is 9.47 Å². The number of hydrogen-bond donors (Lipinski definition) is 0. The predicted octanol–water partition coefficient (Wildman–Crippen LogP) is 4.39. The molecule has 0 saturated heterocycles. The van der Waals surface area contributed by atoms with E-state index in [9.17, 15) is 0 Å². The Morgan fingerprint density at radius 3 is 2.50 bits per heavy atom. The van der Waals surface area contributed by atoms with Crippen molar-refractivity contribution in [2.75, 3.05) is 20.8 Å². The fourth-order valence-electron chi connectivity index (χ4n) is 2.77. The van der Waals surface area contributed by atoms with E-state index in [1.165, 1.54) is 37.7 Å². The number of rotatable bonds is 6. The second-order valence-corrected chi connectivity index (χ2v) is 5.67. The number of methoxy groups -OCH3 is 2. The van der Waals surface area contributed by atoms with Gasteiger partial charge in [0.2, 0.25) is 0 Å². The molecule has 4 heteroatoms. The molecule has 2 rings (SSSR count). The van der Waals surface area contributed by atoms with Gasteiger partial charge in [-0.1, -0.05) is 30.9 Å². The number of ether oxygens (including phenoxy) is 3. The summed E-state index contributed by atoms with van der Waals surface area (Å²) in [6, 6.07) is 5.87. The van der Waals surface area contributed by atoms with E-state index in [4.69, 9.17) is 25.8 Å². The minimum atomic E-state index is -0.343. The zero-order valence-electron chi connectivity index (χ0n) is 12.2. The summed E-state index contributed by atoms with van der Waals surface area (Å²) in [5.41, 5.74) is 1.23. The lowest BCUT2D eigenvalue weighted by Crippen LogP contribution is -2.22. The highest BCUT2D eigenvalue weighted by Crippen LogP contribution is 2.38. The SMILES string of the molecule is COC(COc1ccc(Cl)cc1C1CCCCC1)OC. The van der Waals surface area contributed by atoms with Crippen LogP contribution in [0.2, 0.25) is 5.02 Å². The highest BCUT2D eigenvalue weighted by atomic mass is 35.5. The van der Waals surface area contributed by atoms with Crippen LogP contribution in [0.3, 0.4) is 0 Å². The third kappa shape index (κ3) is 4.11. The lowest BCUT2D eigenvalue weighted by molar-refractivity contribution is -0.122. The Balaban J connectivity index is 2.10. The number of hydrogen-bond acceptors (Lipinski definition) is 3. The van der Waals surface area contributed by atoms with Crippen LogP contribution in [0.25, 0.3) is 0 Å². The van der Waals surface area contributed by atoms with Gasteiger partial charge in [0.15, 0.2) is 6.29 Å². The van der Waals surface area contributed by atoms with Crippen LogP contribution in [0.5, 0.6) is 5.75 Å². The zero-order valence-corrected chi connectivity index (χ0v) is 13.0. The zero-order chi connectivity index (χ0) is 14.4. The lowest BCUT2D eigenvalue weighted by atomic mass is 9.84. The molecular formula is C16H23ClO3. The Bertz CT molecular complexity index is 412. The van der Waals surface area contributed by atoms with Crippen molar-refractivity contribution in [3.05, 3.63) is 28.8 Å². The molecule has 1 aromatic rings. The van der Waals surface area contributed by atoms with Crippen molar-refractivity contribution in [2.24, 2.45) is 0 Å². The molecule has 3 nitrogen and oxygen atoms in total. The second kappa shape index (κ2) is 7.87. The van der Waals surface area contributed by atoms with Gasteiger partial charge in [-0.2, -0.15) is 0 Å². The van der Waals surface area contributed by atoms with Gasteiger partial charge in [0.1, 0.15) is 12.4 Å². The Hall–Kier alpha value is -0.770. The molecule has 0 bridgehead atoms. The summed E-state index contributed by atoms with van der Waals surface area (Å²) >= 11 is 6.15. The van der Waals surface area contributed by atoms with E-state index in [-0.39, 0.29) is 6.29 Å². The maximum Gasteiger partial charge on any atom is 0.191 e. The van der Waals surface area contributed by atoms with Crippen molar-refractivity contribution in [1.29, 1.82) is 0 Å². The predicted molar refractivity (Wildman–Crippen MR) is 80.6 cm³/mol. The van der Waals surface area contributed by atoms with Crippen LogP contribution < -0.4 is 4.74 Å². The summed E-state index contributed by atoms with van der Waals surface area (Å²) in [7, 11) is 3.23. The Morgan fingerprint density at radius 2 is 1.85 bits per heavy atom. The molecule has 1 aliphatic rings. The standard InChI is InChI=1S/C16H23ClO3/c1-18-16(19-2)11-20-15-9-8-13(17)10-14(15)12-6-4-3-5-7-12/h8-10,12,16H,3-7,11H2,1-2H3. The fourth-order valence-corrected chi connectivity index (χ4v) is 2.95. The first-order chi connectivity index (χ1) is 9.74. The van der Waals surface area contributed by atoms with E-state index in [1.54, 1.807) is 14.2 Å². The highest BCUT2D eigenvalue weighted by molar-refractivity contribution is 6.30. The molecular weight excluding hydrogens is 276 g/mol. The minimum Gasteiger partial charge on any atom is -0.488 e. The van der Waals surface area contributed by atoms with Crippen LogP contribution in [0, 0.1) is 0 Å². The van der Waals surface area contributed by atoms with E-state index in [1.807, 2.05) is 18.2 Å². The first kappa shape index (κ1) is 15.6. The summed E-state index contributed by atoms with van der Waals surface area (Å²) < 4.78 is 16.2. The molecule has 0 spiro atoms. The van der Waals surface area contributed by atoms with Crippen molar-refractivity contribution in [1.82, 2.24) is 0 Å². The molecule has 0 amide bonds. The molecule has 0 heterocycles. The molecule has 0 atom stereocenters. The fraction of sp³-hybridized carbons (Fsp3) is 0.625. The van der Waals surface area contributed by atoms with Gasteiger partial charge >= 0.3 is 0 Å². The van der Waals surface area contributed by atoms with E-state index in [2.05, 4.69) is 0 Å². The summed E-state index contributed by atoms with van der Waals surface area (Å²) in [6.45, 7) is 0.383. The quantitative estimate of drug-likeness (QED) is 0.729. The number of halogens is 1. The van der Waals surface area contributed by atoms with Gasteiger partial charge in [0, 0.05) is 19.2 Å². The smallest absolute Gasteiger partial charge is 0.191 e. The summed E-state index contributed by atoms with van der Waals surface area (Å²) in [5.74, 6) is 1.46. The minimum absolute atomic E-state index is 0.343. The highest BCUT2D eigenvalue weighted by Gasteiger charge is 2.20. The largest absolute Gasteiger partial charge is 0.488 e. The van der Waals surface area contributed by atoms with Crippen LogP contribution in [0.1, 0.15) is 43.6 Å². The summed E-state index contributed by atoms with van der Waals surface area (Å²) in [5, 5.41) is 0.771. The van der Waals surface area contributed by atoms with Crippen LogP contribution in [0.4, 0.5) is 0 Å². The molecule has 1 fully saturated rings. The molecule has 0 unspecified atom stereocenters. The summed E-state index contributed by atoms with van der Waals surface area (Å²) in [4.78, 5) is 0. The van der Waals surface area contributed by atoms with E-state index in [0.29, 0.717) is 12.5 Å². The first-order valence-corrected chi connectivity index (χ1v) is 7.60. The van der Waals surface area contributed by atoms with E-state index >= 15 is 0 Å². The van der Waals surface area contributed by atoms with Gasteiger partial charge in [-0.3, -0.25) is 0 Å². The average Bonchev–Trinajstić information content (AvgIpc) is 2.50.